The molecule has 1 fully saturated rings. The van der Waals surface area contributed by atoms with Gasteiger partial charge in [-0.2, -0.15) is 0 Å². The number of carbonyl (C=O) groups is 2. The molecular formula is C22H17NO4. The van der Waals surface area contributed by atoms with Crippen LogP contribution in [-0.2, 0) is 9.59 Å². The number of aryl methyl sites for hydroxylation is 1. The van der Waals surface area contributed by atoms with E-state index in [-0.39, 0.29) is 11.3 Å². The molecule has 1 aliphatic heterocycles. The number of ketones is 1. The van der Waals surface area contributed by atoms with Gasteiger partial charge in [0.05, 0.1) is 5.57 Å². The number of nitrogens with zero attached hydrogens (tertiary/aromatic N) is 1. The van der Waals surface area contributed by atoms with Crippen molar-refractivity contribution in [3.63, 3.8) is 0 Å². The first-order valence-electron chi connectivity index (χ1n) is 8.55. The van der Waals surface area contributed by atoms with Gasteiger partial charge in [0.25, 0.3) is 11.7 Å². The molecule has 1 unspecified atom stereocenters. The van der Waals surface area contributed by atoms with Gasteiger partial charge in [-0.1, -0.05) is 48.5 Å². The molecule has 1 aliphatic rings. The number of carbonyl (C=O) groups excluding carboxylic acids is 2. The van der Waals surface area contributed by atoms with Crippen molar-refractivity contribution >= 4 is 23.1 Å². The molecule has 5 heteroatoms. The number of furan rings is 1. The Morgan fingerprint density at radius 3 is 2.15 bits per heavy atom. The highest BCUT2D eigenvalue weighted by atomic mass is 16.3. The summed E-state index contributed by atoms with van der Waals surface area (Å²) < 4.78 is 5.74. The van der Waals surface area contributed by atoms with Crippen LogP contribution in [0.1, 0.15) is 23.1 Å². The molecule has 4 rings (SSSR count). The van der Waals surface area contributed by atoms with E-state index in [1.807, 2.05) is 12.1 Å². The van der Waals surface area contributed by atoms with Crippen LogP contribution in [0.25, 0.3) is 5.76 Å². The number of hydrogen-bond acceptors (Lipinski definition) is 4. The fourth-order valence-corrected chi connectivity index (χ4v) is 3.31. The van der Waals surface area contributed by atoms with Crippen LogP contribution in [0.4, 0.5) is 5.69 Å². The Hall–Kier alpha value is -3.60. The van der Waals surface area contributed by atoms with Gasteiger partial charge in [-0.3, -0.25) is 14.5 Å². The van der Waals surface area contributed by atoms with Crippen LogP contribution in [0, 0.1) is 6.92 Å². The van der Waals surface area contributed by atoms with Crippen molar-refractivity contribution < 1.29 is 19.1 Å². The van der Waals surface area contributed by atoms with E-state index in [9.17, 15) is 14.7 Å². The molecule has 27 heavy (non-hydrogen) atoms. The molecule has 1 saturated heterocycles. The van der Waals surface area contributed by atoms with Crippen LogP contribution in [0.15, 0.2) is 82.8 Å². The number of Topliss-reactive ketones (excluding diaryl/α,β-unsaturated/α-hetero) is 1. The SMILES string of the molecule is Cc1ccc(C2/C(=C(/O)c3ccccc3)C(=O)C(=O)N2c2ccccc2)o1. The zero-order valence-corrected chi connectivity index (χ0v) is 14.6. The molecule has 134 valence electrons. The Bertz CT molecular complexity index is 1030. The van der Waals surface area contributed by atoms with Crippen LogP contribution < -0.4 is 4.90 Å². The molecule has 1 N–H and O–H groups in total. The molecule has 0 bridgehead atoms. The molecule has 0 spiro atoms. The van der Waals surface area contributed by atoms with Crippen molar-refractivity contribution in [1.82, 2.24) is 0 Å². The lowest BCUT2D eigenvalue weighted by Gasteiger charge is -2.23. The summed E-state index contributed by atoms with van der Waals surface area (Å²) in [6, 6.07) is 20.3. The van der Waals surface area contributed by atoms with Crippen molar-refractivity contribution in [2.75, 3.05) is 4.90 Å². The van der Waals surface area contributed by atoms with Gasteiger partial charge in [0.15, 0.2) is 0 Å². The number of benzene rings is 2. The fourth-order valence-electron chi connectivity index (χ4n) is 3.31. The number of aliphatic hydroxyl groups is 1. The summed E-state index contributed by atoms with van der Waals surface area (Å²) in [5, 5.41) is 10.8. The van der Waals surface area contributed by atoms with Gasteiger partial charge in [-0.05, 0) is 31.2 Å². The van der Waals surface area contributed by atoms with E-state index in [1.54, 1.807) is 67.6 Å². The third-order valence-corrected chi connectivity index (χ3v) is 4.56. The monoisotopic (exact) mass is 359 g/mol. The van der Waals surface area contributed by atoms with Gasteiger partial charge in [-0.15, -0.1) is 0 Å². The first-order valence-corrected chi connectivity index (χ1v) is 8.55. The highest BCUT2D eigenvalue weighted by Crippen LogP contribution is 2.42. The zero-order chi connectivity index (χ0) is 19.0. The summed E-state index contributed by atoms with van der Waals surface area (Å²) >= 11 is 0. The highest BCUT2D eigenvalue weighted by Gasteiger charge is 2.48. The number of aliphatic hydroxyl groups excluding tert-OH is 1. The predicted molar refractivity (Wildman–Crippen MR) is 101 cm³/mol. The Kier molecular flexibility index (Phi) is 4.12. The molecule has 0 saturated carbocycles. The number of hydrogen-bond donors (Lipinski definition) is 1. The second kappa shape index (κ2) is 6.61. The molecule has 1 aromatic heterocycles. The maximum absolute atomic E-state index is 12.8. The third-order valence-electron chi connectivity index (χ3n) is 4.56. The number of para-hydroxylation sites is 1. The van der Waals surface area contributed by atoms with E-state index in [4.69, 9.17) is 4.42 Å². The van der Waals surface area contributed by atoms with Gasteiger partial charge in [0.1, 0.15) is 23.3 Å². The molecule has 3 aromatic rings. The van der Waals surface area contributed by atoms with E-state index in [1.165, 1.54) is 4.90 Å². The molecule has 0 aliphatic carbocycles. The van der Waals surface area contributed by atoms with E-state index in [2.05, 4.69) is 0 Å². The number of amides is 1. The maximum atomic E-state index is 12.8. The lowest BCUT2D eigenvalue weighted by atomic mass is 9.99. The topological polar surface area (TPSA) is 70.8 Å². The van der Waals surface area contributed by atoms with Crippen molar-refractivity contribution in [2.24, 2.45) is 0 Å². The lowest BCUT2D eigenvalue weighted by molar-refractivity contribution is -0.132. The average molecular weight is 359 g/mol. The lowest BCUT2D eigenvalue weighted by Crippen LogP contribution is -2.29. The summed E-state index contributed by atoms with van der Waals surface area (Å²) in [6.45, 7) is 1.79. The maximum Gasteiger partial charge on any atom is 0.300 e. The summed E-state index contributed by atoms with van der Waals surface area (Å²) in [5.41, 5.74) is 1.05. The highest BCUT2D eigenvalue weighted by molar-refractivity contribution is 6.51. The van der Waals surface area contributed by atoms with Gasteiger partial charge >= 0.3 is 0 Å². The van der Waals surface area contributed by atoms with Crippen molar-refractivity contribution in [2.45, 2.75) is 13.0 Å². The van der Waals surface area contributed by atoms with Crippen LogP contribution in [-0.4, -0.2) is 16.8 Å². The van der Waals surface area contributed by atoms with Gasteiger partial charge in [0.2, 0.25) is 0 Å². The van der Waals surface area contributed by atoms with Crippen molar-refractivity contribution in [1.29, 1.82) is 0 Å². The summed E-state index contributed by atoms with van der Waals surface area (Å²) in [6.07, 6.45) is 0. The predicted octanol–water partition coefficient (Wildman–Crippen LogP) is 4.21. The standard InChI is InChI=1S/C22H17NO4/c1-14-12-13-17(27-14)19-18(20(24)15-8-4-2-5-9-15)21(25)22(26)23(19)16-10-6-3-7-11-16/h2-13,19,24H,1H3/b20-18-. The summed E-state index contributed by atoms with van der Waals surface area (Å²) in [5.74, 6) is -0.570. The van der Waals surface area contributed by atoms with Crippen LogP contribution in [0.5, 0.6) is 0 Å². The zero-order valence-electron chi connectivity index (χ0n) is 14.6. The number of anilines is 1. The Labute approximate surface area is 156 Å². The van der Waals surface area contributed by atoms with E-state index in [0.717, 1.165) is 0 Å². The minimum Gasteiger partial charge on any atom is -0.507 e. The largest absolute Gasteiger partial charge is 0.507 e. The Balaban J connectivity index is 1.94. The average Bonchev–Trinajstić information content (AvgIpc) is 3.24. The Morgan fingerprint density at radius 2 is 1.56 bits per heavy atom. The van der Waals surface area contributed by atoms with Crippen LogP contribution >= 0.6 is 0 Å². The second-order valence-electron chi connectivity index (χ2n) is 6.32. The Morgan fingerprint density at radius 1 is 0.926 bits per heavy atom. The van der Waals surface area contributed by atoms with Crippen LogP contribution in [0.3, 0.4) is 0 Å². The quantitative estimate of drug-likeness (QED) is 0.432. The minimum atomic E-state index is -0.832. The first-order chi connectivity index (χ1) is 13.1. The molecule has 1 atom stereocenters. The fraction of sp³-hybridized carbons (Fsp3) is 0.0909. The molecule has 0 radical (unpaired) electrons. The summed E-state index contributed by atoms with van der Waals surface area (Å²) in [4.78, 5) is 27.0. The second-order valence-corrected chi connectivity index (χ2v) is 6.32. The smallest absolute Gasteiger partial charge is 0.300 e. The molecule has 2 heterocycles. The van der Waals surface area contributed by atoms with E-state index >= 15 is 0 Å². The van der Waals surface area contributed by atoms with Crippen LogP contribution in [0.2, 0.25) is 0 Å². The minimum absolute atomic E-state index is 0.0180. The normalized spacial score (nSPS) is 18.9. The van der Waals surface area contributed by atoms with Gasteiger partial charge < -0.3 is 9.52 Å². The summed E-state index contributed by atoms with van der Waals surface area (Å²) in [7, 11) is 0. The third kappa shape index (κ3) is 2.83. The molecule has 1 amide bonds. The number of rotatable bonds is 3. The van der Waals surface area contributed by atoms with Gasteiger partial charge in [-0.25, -0.2) is 0 Å². The van der Waals surface area contributed by atoms with Gasteiger partial charge in [0, 0.05) is 11.3 Å². The molecule has 2 aromatic carbocycles. The van der Waals surface area contributed by atoms with Crippen molar-refractivity contribution in [3.05, 3.63) is 95.5 Å². The van der Waals surface area contributed by atoms with E-state index in [0.29, 0.717) is 22.8 Å². The molecular weight excluding hydrogens is 342 g/mol. The molecule has 5 nitrogen and oxygen atoms in total. The van der Waals surface area contributed by atoms with Crippen molar-refractivity contribution in [3.8, 4) is 0 Å². The first kappa shape index (κ1) is 16.8. The van der Waals surface area contributed by atoms with E-state index < -0.39 is 17.7 Å².